The van der Waals surface area contributed by atoms with Crippen molar-refractivity contribution >= 4 is 11.9 Å². The summed E-state index contributed by atoms with van der Waals surface area (Å²) in [5.41, 5.74) is 0.959. The van der Waals surface area contributed by atoms with Crippen molar-refractivity contribution in [1.29, 1.82) is 0 Å². The molecular formula is C13H20N4O. The normalized spacial score (nSPS) is 19.7. The quantitative estimate of drug-likeness (QED) is 0.786. The standard InChI is InChI=1S/C13H20N4O/c1-10-6-7-14-13(15-10)17-8-4-5-11(9-17)12(18)16(2)3/h6-7,11H,4-5,8-9H2,1-3H3. The van der Waals surface area contributed by atoms with Crippen LogP contribution in [0.1, 0.15) is 18.5 Å². The Morgan fingerprint density at radius 3 is 2.94 bits per heavy atom. The molecular weight excluding hydrogens is 228 g/mol. The second-order valence-corrected chi connectivity index (χ2v) is 5.02. The molecule has 0 N–H and O–H groups in total. The summed E-state index contributed by atoms with van der Waals surface area (Å²) in [6.45, 7) is 3.61. The molecule has 1 amide bonds. The first-order chi connectivity index (χ1) is 8.58. The third-order valence-corrected chi connectivity index (χ3v) is 3.28. The summed E-state index contributed by atoms with van der Waals surface area (Å²) in [6.07, 6.45) is 3.75. The first-order valence-electron chi connectivity index (χ1n) is 6.33. The minimum absolute atomic E-state index is 0.0675. The maximum atomic E-state index is 12.0. The number of hydrogen-bond donors (Lipinski definition) is 0. The molecule has 1 unspecified atom stereocenters. The molecule has 18 heavy (non-hydrogen) atoms. The smallest absolute Gasteiger partial charge is 0.226 e. The lowest BCUT2D eigenvalue weighted by atomic mass is 9.97. The summed E-state index contributed by atoms with van der Waals surface area (Å²) in [5, 5.41) is 0. The molecule has 0 bridgehead atoms. The van der Waals surface area contributed by atoms with Gasteiger partial charge in [-0.3, -0.25) is 4.79 Å². The molecule has 98 valence electrons. The predicted octanol–water partition coefficient (Wildman–Crippen LogP) is 1.09. The molecule has 1 aliphatic rings. The van der Waals surface area contributed by atoms with E-state index in [2.05, 4.69) is 14.9 Å². The molecule has 1 fully saturated rings. The van der Waals surface area contributed by atoms with Gasteiger partial charge < -0.3 is 9.80 Å². The fourth-order valence-electron chi connectivity index (χ4n) is 2.31. The fraction of sp³-hybridized carbons (Fsp3) is 0.615. The van der Waals surface area contributed by atoms with Crippen LogP contribution >= 0.6 is 0 Å². The van der Waals surface area contributed by atoms with Crippen molar-refractivity contribution in [3.8, 4) is 0 Å². The molecule has 0 spiro atoms. The van der Waals surface area contributed by atoms with E-state index in [0.717, 1.165) is 37.6 Å². The lowest BCUT2D eigenvalue weighted by Crippen LogP contribution is -2.43. The highest BCUT2D eigenvalue weighted by Gasteiger charge is 2.27. The number of amides is 1. The van der Waals surface area contributed by atoms with E-state index in [-0.39, 0.29) is 11.8 Å². The highest BCUT2D eigenvalue weighted by atomic mass is 16.2. The van der Waals surface area contributed by atoms with Crippen LogP contribution in [0.4, 0.5) is 5.95 Å². The number of aromatic nitrogens is 2. The van der Waals surface area contributed by atoms with Gasteiger partial charge in [0.15, 0.2) is 0 Å². The molecule has 2 rings (SSSR count). The number of aryl methyl sites for hydroxylation is 1. The zero-order valence-corrected chi connectivity index (χ0v) is 11.3. The van der Waals surface area contributed by atoms with Gasteiger partial charge >= 0.3 is 0 Å². The van der Waals surface area contributed by atoms with E-state index in [1.165, 1.54) is 0 Å². The lowest BCUT2D eigenvalue weighted by molar-refractivity contribution is -0.133. The number of rotatable bonds is 2. The van der Waals surface area contributed by atoms with E-state index in [1.807, 2.05) is 27.1 Å². The average molecular weight is 248 g/mol. The fourth-order valence-corrected chi connectivity index (χ4v) is 2.31. The number of anilines is 1. The van der Waals surface area contributed by atoms with Crippen LogP contribution in [0.5, 0.6) is 0 Å². The molecule has 2 heterocycles. The Morgan fingerprint density at radius 2 is 2.28 bits per heavy atom. The SMILES string of the molecule is Cc1ccnc(N2CCCC(C(=O)N(C)C)C2)n1. The third kappa shape index (κ3) is 2.78. The Morgan fingerprint density at radius 1 is 1.50 bits per heavy atom. The van der Waals surface area contributed by atoms with Crippen LogP contribution in [0, 0.1) is 12.8 Å². The molecule has 1 aromatic heterocycles. The molecule has 5 nitrogen and oxygen atoms in total. The van der Waals surface area contributed by atoms with E-state index >= 15 is 0 Å². The maximum absolute atomic E-state index is 12.0. The monoisotopic (exact) mass is 248 g/mol. The van der Waals surface area contributed by atoms with Crippen LogP contribution in [0.2, 0.25) is 0 Å². The summed E-state index contributed by atoms with van der Waals surface area (Å²) < 4.78 is 0. The van der Waals surface area contributed by atoms with Crippen LogP contribution in [0.3, 0.4) is 0 Å². The van der Waals surface area contributed by atoms with Crippen molar-refractivity contribution < 1.29 is 4.79 Å². The number of carbonyl (C=O) groups excluding carboxylic acids is 1. The summed E-state index contributed by atoms with van der Waals surface area (Å²) in [6, 6.07) is 1.88. The molecule has 1 saturated heterocycles. The maximum Gasteiger partial charge on any atom is 0.226 e. The first kappa shape index (κ1) is 12.8. The molecule has 0 radical (unpaired) electrons. The second kappa shape index (κ2) is 5.33. The number of hydrogen-bond acceptors (Lipinski definition) is 4. The minimum Gasteiger partial charge on any atom is -0.349 e. The van der Waals surface area contributed by atoms with Gasteiger partial charge in [0.1, 0.15) is 0 Å². The zero-order valence-electron chi connectivity index (χ0n) is 11.3. The average Bonchev–Trinajstić information content (AvgIpc) is 2.38. The molecule has 5 heteroatoms. The minimum atomic E-state index is 0.0675. The number of piperidine rings is 1. The van der Waals surface area contributed by atoms with Crippen LogP contribution in [0.15, 0.2) is 12.3 Å². The molecule has 0 saturated carbocycles. The van der Waals surface area contributed by atoms with Gasteiger partial charge in [-0.25, -0.2) is 9.97 Å². The Hall–Kier alpha value is -1.65. The van der Waals surface area contributed by atoms with Gasteiger partial charge in [0, 0.05) is 39.1 Å². The van der Waals surface area contributed by atoms with Gasteiger partial charge in [0.2, 0.25) is 11.9 Å². The van der Waals surface area contributed by atoms with Crippen molar-refractivity contribution in [2.24, 2.45) is 5.92 Å². The van der Waals surface area contributed by atoms with Gasteiger partial charge in [-0.15, -0.1) is 0 Å². The van der Waals surface area contributed by atoms with Crippen molar-refractivity contribution in [1.82, 2.24) is 14.9 Å². The topological polar surface area (TPSA) is 49.3 Å². The van der Waals surface area contributed by atoms with E-state index in [0.29, 0.717) is 0 Å². The molecule has 0 aliphatic carbocycles. The van der Waals surface area contributed by atoms with E-state index in [9.17, 15) is 4.79 Å². The largest absolute Gasteiger partial charge is 0.349 e. The van der Waals surface area contributed by atoms with Gasteiger partial charge in [-0.2, -0.15) is 0 Å². The number of nitrogens with zero attached hydrogens (tertiary/aromatic N) is 4. The van der Waals surface area contributed by atoms with Gasteiger partial charge in [0.25, 0.3) is 0 Å². The van der Waals surface area contributed by atoms with Crippen LogP contribution in [-0.4, -0.2) is 48.0 Å². The van der Waals surface area contributed by atoms with E-state index in [1.54, 1.807) is 11.1 Å². The van der Waals surface area contributed by atoms with Crippen molar-refractivity contribution in [2.75, 3.05) is 32.1 Å². The summed E-state index contributed by atoms with van der Waals surface area (Å²) in [4.78, 5) is 24.5. The lowest BCUT2D eigenvalue weighted by Gasteiger charge is -2.33. The molecule has 1 atom stereocenters. The molecule has 1 aliphatic heterocycles. The molecule has 0 aromatic carbocycles. The highest BCUT2D eigenvalue weighted by Crippen LogP contribution is 2.21. The van der Waals surface area contributed by atoms with Gasteiger partial charge in [0.05, 0.1) is 5.92 Å². The zero-order chi connectivity index (χ0) is 13.1. The second-order valence-electron chi connectivity index (χ2n) is 5.02. The predicted molar refractivity (Wildman–Crippen MR) is 70.4 cm³/mol. The first-order valence-corrected chi connectivity index (χ1v) is 6.33. The van der Waals surface area contributed by atoms with Crippen LogP contribution in [0.25, 0.3) is 0 Å². The van der Waals surface area contributed by atoms with Crippen molar-refractivity contribution in [2.45, 2.75) is 19.8 Å². The van der Waals surface area contributed by atoms with Crippen molar-refractivity contribution in [3.05, 3.63) is 18.0 Å². The summed E-state index contributed by atoms with van der Waals surface area (Å²) in [5.74, 6) is 1.01. The van der Waals surface area contributed by atoms with Crippen LogP contribution in [-0.2, 0) is 4.79 Å². The summed E-state index contributed by atoms with van der Waals surface area (Å²) in [7, 11) is 3.62. The Balaban J connectivity index is 2.09. The Bertz CT molecular complexity index is 433. The highest BCUT2D eigenvalue weighted by molar-refractivity contribution is 5.79. The van der Waals surface area contributed by atoms with Crippen molar-refractivity contribution in [3.63, 3.8) is 0 Å². The summed E-state index contributed by atoms with van der Waals surface area (Å²) >= 11 is 0. The molecule has 1 aromatic rings. The van der Waals surface area contributed by atoms with Crippen LogP contribution < -0.4 is 4.90 Å². The third-order valence-electron chi connectivity index (χ3n) is 3.28. The Kier molecular flexibility index (Phi) is 3.79. The number of carbonyl (C=O) groups is 1. The van der Waals surface area contributed by atoms with E-state index in [4.69, 9.17) is 0 Å². The van der Waals surface area contributed by atoms with E-state index < -0.39 is 0 Å². The van der Waals surface area contributed by atoms with Gasteiger partial charge in [-0.05, 0) is 25.8 Å². The Labute approximate surface area is 108 Å². The van der Waals surface area contributed by atoms with Gasteiger partial charge in [-0.1, -0.05) is 0 Å².